The third-order valence-corrected chi connectivity index (χ3v) is 4.34. The summed E-state index contributed by atoms with van der Waals surface area (Å²) in [5.41, 5.74) is 3.54. The Morgan fingerprint density at radius 1 is 1.17 bits per heavy atom. The fourth-order valence-corrected chi connectivity index (χ4v) is 2.91. The van der Waals surface area contributed by atoms with Gasteiger partial charge in [0.25, 0.3) is 5.91 Å². The van der Waals surface area contributed by atoms with Crippen molar-refractivity contribution in [1.29, 1.82) is 0 Å². The molecule has 1 saturated carbocycles. The van der Waals surface area contributed by atoms with Crippen LogP contribution in [0.4, 0.5) is 5.69 Å². The maximum atomic E-state index is 12.2. The van der Waals surface area contributed by atoms with Crippen molar-refractivity contribution >= 4 is 17.6 Å². The van der Waals surface area contributed by atoms with E-state index in [1.807, 2.05) is 50.2 Å². The van der Waals surface area contributed by atoms with Crippen molar-refractivity contribution in [3.63, 3.8) is 0 Å². The fraction of sp³-hybridized carbons (Fsp3) is 0.300. The van der Waals surface area contributed by atoms with Crippen LogP contribution in [0.25, 0.3) is 0 Å². The highest BCUT2D eigenvalue weighted by molar-refractivity contribution is 6.04. The van der Waals surface area contributed by atoms with Crippen LogP contribution in [-0.4, -0.2) is 18.5 Å². The predicted octanol–water partition coefficient (Wildman–Crippen LogP) is 3.91. The molecule has 1 aliphatic rings. The molecular formula is C20H21NO3. The first-order valence-electron chi connectivity index (χ1n) is 8.23. The molecule has 0 radical (unpaired) electrons. The Kier molecular flexibility index (Phi) is 4.65. The molecule has 3 rings (SSSR count). The van der Waals surface area contributed by atoms with E-state index in [0.29, 0.717) is 12.2 Å². The van der Waals surface area contributed by atoms with Gasteiger partial charge in [0.2, 0.25) is 0 Å². The maximum absolute atomic E-state index is 12.2. The number of hydrogen-bond acceptors (Lipinski definition) is 3. The fourth-order valence-electron chi connectivity index (χ4n) is 2.91. The smallest absolute Gasteiger partial charge is 0.309 e. The van der Waals surface area contributed by atoms with Gasteiger partial charge in [-0.3, -0.25) is 9.59 Å². The molecule has 2 aromatic rings. The van der Waals surface area contributed by atoms with Crippen LogP contribution in [0, 0.1) is 12.8 Å². The number of aryl methyl sites for hydroxylation is 1. The zero-order valence-electron chi connectivity index (χ0n) is 13.9. The van der Waals surface area contributed by atoms with Gasteiger partial charge in [0.05, 0.1) is 12.5 Å². The Bertz CT molecular complexity index is 755. The average Bonchev–Trinajstić information content (AvgIpc) is 3.38. The Hall–Kier alpha value is -2.62. The first-order valence-corrected chi connectivity index (χ1v) is 8.23. The highest BCUT2D eigenvalue weighted by Gasteiger charge is 2.45. The van der Waals surface area contributed by atoms with Crippen LogP contribution in [-0.2, 0) is 9.53 Å². The first kappa shape index (κ1) is 16.2. The second-order valence-electron chi connectivity index (χ2n) is 6.10. The van der Waals surface area contributed by atoms with Gasteiger partial charge in [-0.2, -0.15) is 0 Å². The van der Waals surface area contributed by atoms with E-state index in [2.05, 4.69) is 5.32 Å². The quantitative estimate of drug-likeness (QED) is 0.849. The molecule has 1 aliphatic carbocycles. The lowest BCUT2D eigenvalue weighted by Crippen LogP contribution is -2.12. The second kappa shape index (κ2) is 6.87. The number of carbonyl (C=O) groups is 2. The summed E-state index contributed by atoms with van der Waals surface area (Å²) in [5.74, 6) is -0.0142. The van der Waals surface area contributed by atoms with E-state index in [-0.39, 0.29) is 23.7 Å². The highest BCUT2D eigenvalue weighted by atomic mass is 16.5. The monoisotopic (exact) mass is 323 g/mol. The van der Waals surface area contributed by atoms with Gasteiger partial charge in [0.1, 0.15) is 0 Å². The van der Waals surface area contributed by atoms with Crippen molar-refractivity contribution in [2.24, 2.45) is 5.92 Å². The Balaban J connectivity index is 1.68. The maximum Gasteiger partial charge on any atom is 0.309 e. The normalized spacial score (nSPS) is 18.8. The van der Waals surface area contributed by atoms with Gasteiger partial charge in [0.15, 0.2) is 0 Å². The Morgan fingerprint density at radius 3 is 2.58 bits per heavy atom. The summed E-state index contributed by atoms with van der Waals surface area (Å²) in [4.78, 5) is 24.0. The molecule has 0 aliphatic heterocycles. The number of benzene rings is 2. The summed E-state index contributed by atoms with van der Waals surface area (Å²) in [6.07, 6.45) is 0.841. The molecule has 124 valence electrons. The predicted molar refractivity (Wildman–Crippen MR) is 93.1 cm³/mol. The van der Waals surface area contributed by atoms with Crippen LogP contribution < -0.4 is 5.32 Å². The largest absolute Gasteiger partial charge is 0.466 e. The standard InChI is InChI=1S/C20H21NO3/c1-3-24-20(23)17-12-16(17)15-9-10-18(13(2)11-15)21-19(22)14-7-5-4-6-8-14/h4-11,16-17H,3,12H2,1-2H3,(H,21,22)/t16-,17+/m0/s1. The third kappa shape index (κ3) is 3.48. The van der Waals surface area contributed by atoms with Crippen molar-refractivity contribution < 1.29 is 14.3 Å². The number of rotatable bonds is 5. The van der Waals surface area contributed by atoms with Gasteiger partial charge in [-0.05, 0) is 55.5 Å². The number of ether oxygens (including phenoxy) is 1. The Labute approximate surface area is 141 Å². The van der Waals surface area contributed by atoms with E-state index < -0.39 is 0 Å². The minimum Gasteiger partial charge on any atom is -0.466 e. The van der Waals surface area contributed by atoms with Gasteiger partial charge in [-0.1, -0.05) is 30.3 Å². The van der Waals surface area contributed by atoms with Crippen molar-refractivity contribution in [3.8, 4) is 0 Å². The molecule has 1 fully saturated rings. The Morgan fingerprint density at radius 2 is 1.92 bits per heavy atom. The molecule has 0 saturated heterocycles. The molecule has 0 aromatic heterocycles. The number of carbonyl (C=O) groups excluding carboxylic acids is 2. The van der Waals surface area contributed by atoms with E-state index in [1.165, 1.54) is 0 Å². The molecular weight excluding hydrogens is 302 g/mol. The van der Waals surface area contributed by atoms with Crippen molar-refractivity contribution in [2.75, 3.05) is 11.9 Å². The first-order chi connectivity index (χ1) is 11.6. The van der Waals surface area contributed by atoms with E-state index in [4.69, 9.17) is 4.74 Å². The van der Waals surface area contributed by atoms with Crippen LogP contribution in [0.5, 0.6) is 0 Å². The molecule has 1 amide bonds. The third-order valence-electron chi connectivity index (χ3n) is 4.34. The lowest BCUT2D eigenvalue weighted by Gasteiger charge is -2.10. The van der Waals surface area contributed by atoms with Crippen LogP contribution >= 0.6 is 0 Å². The van der Waals surface area contributed by atoms with Crippen molar-refractivity contribution in [3.05, 3.63) is 65.2 Å². The van der Waals surface area contributed by atoms with E-state index in [9.17, 15) is 9.59 Å². The number of esters is 1. The lowest BCUT2D eigenvalue weighted by atomic mass is 10.0. The minimum atomic E-state index is -0.123. The molecule has 1 N–H and O–H groups in total. The summed E-state index contributed by atoms with van der Waals surface area (Å²) in [6.45, 7) is 4.21. The van der Waals surface area contributed by atoms with Crippen LogP contribution in [0.2, 0.25) is 0 Å². The van der Waals surface area contributed by atoms with Crippen molar-refractivity contribution in [2.45, 2.75) is 26.2 Å². The van der Waals surface area contributed by atoms with Gasteiger partial charge in [-0.15, -0.1) is 0 Å². The van der Waals surface area contributed by atoms with Crippen molar-refractivity contribution in [1.82, 2.24) is 0 Å². The zero-order chi connectivity index (χ0) is 17.1. The number of hydrogen-bond donors (Lipinski definition) is 1. The summed E-state index contributed by atoms with van der Waals surface area (Å²) < 4.78 is 5.08. The molecule has 2 atom stereocenters. The lowest BCUT2D eigenvalue weighted by molar-refractivity contribution is -0.144. The number of anilines is 1. The summed E-state index contributed by atoms with van der Waals surface area (Å²) in [7, 11) is 0. The van der Waals surface area contributed by atoms with Crippen LogP contribution in [0.15, 0.2) is 48.5 Å². The van der Waals surface area contributed by atoms with E-state index in [1.54, 1.807) is 12.1 Å². The average molecular weight is 323 g/mol. The van der Waals surface area contributed by atoms with E-state index in [0.717, 1.165) is 23.2 Å². The zero-order valence-corrected chi connectivity index (χ0v) is 13.9. The molecule has 4 heteroatoms. The topological polar surface area (TPSA) is 55.4 Å². The number of nitrogens with one attached hydrogen (secondary N) is 1. The number of amides is 1. The molecule has 0 heterocycles. The highest BCUT2D eigenvalue weighted by Crippen LogP contribution is 2.48. The van der Waals surface area contributed by atoms with Gasteiger partial charge in [-0.25, -0.2) is 0 Å². The molecule has 4 nitrogen and oxygen atoms in total. The van der Waals surface area contributed by atoms with Gasteiger partial charge < -0.3 is 10.1 Å². The van der Waals surface area contributed by atoms with Crippen LogP contribution in [0.1, 0.15) is 40.7 Å². The second-order valence-corrected chi connectivity index (χ2v) is 6.10. The van der Waals surface area contributed by atoms with E-state index >= 15 is 0 Å². The summed E-state index contributed by atoms with van der Waals surface area (Å²) in [6, 6.07) is 15.1. The van der Waals surface area contributed by atoms with Gasteiger partial charge in [0, 0.05) is 11.3 Å². The molecule has 0 bridgehead atoms. The minimum absolute atomic E-state index is 0.0193. The van der Waals surface area contributed by atoms with Crippen LogP contribution in [0.3, 0.4) is 0 Å². The summed E-state index contributed by atoms with van der Waals surface area (Å²) in [5, 5.41) is 2.94. The molecule has 24 heavy (non-hydrogen) atoms. The molecule has 2 aromatic carbocycles. The summed E-state index contributed by atoms with van der Waals surface area (Å²) >= 11 is 0. The molecule has 0 unspecified atom stereocenters. The SMILES string of the molecule is CCOC(=O)[C@@H]1C[C@H]1c1ccc(NC(=O)c2ccccc2)c(C)c1. The molecule has 0 spiro atoms. The van der Waals surface area contributed by atoms with Gasteiger partial charge >= 0.3 is 5.97 Å².